The fourth-order valence-corrected chi connectivity index (χ4v) is 3.08. The zero-order chi connectivity index (χ0) is 16.7. The van der Waals surface area contributed by atoms with Crippen LogP contribution in [-0.4, -0.2) is 20.9 Å². The van der Waals surface area contributed by atoms with Crippen LogP contribution < -0.4 is 11.1 Å². The van der Waals surface area contributed by atoms with Crippen molar-refractivity contribution in [1.82, 2.24) is 15.0 Å². The molecule has 0 bridgehead atoms. The van der Waals surface area contributed by atoms with Crippen LogP contribution in [0.1, 0.15) is 17.9 Å². The molecule has 0 unspecified atom stereocenters. The van der Waals surface area contributed by atoms with Crippen molar-refractivity contribution in [3.8, 4) is 0 Å². The predicted octanol–water partition coefficient (Wildman–Crippen LogP) is 3.00. The molecule has 3 aromatic rings. The average Bonchev–Trinajstić information content (AvgIpc) is 3.36. The Morgan fingerprint density at radius 3 is 3.00 bits per heavy atom. The molecule has 2 atom stereocenters. The highest BCUT2D eigenvalue weighted by Gasteiger charge is 2.44. The number of nitrogens with two attached hydrogens (primary N) is 1. The molecule has 7 heteroatoms. The van der Waals surface area contributed by atoms with E-state index in [-0.39, 0.29) is 17.7 Å². The first-order valence-electron chi connectivity index (χ1n) is 7.54. The summed E-state index contributed by atoms with van der Waals surface area (Å²) < 4.78 is 0. The zero-order valence-corrected chi connectivity index (χ0v) is 13.4. The molecular formula is C17H14ClN5O. The number of amides is 1. The van der Waals surface area contributed by atoms with E-state index < -0.39 is 0 Å². The van der Waals surface area contributed by atoms with E-state index in [1.54, 1.807) is 24.5 Å². The average molecular weight is 340 g/mol. The highest BCUT2D eigenvalue weighted by atomic mass is 35.5. The van der Waals surface area contributed by atoms with Crippen molar-refractivity contribution in [3.05, 3.63) is 53.6 Å². The number of hydrogen-bond acceptors (Lipinski definition) is 5. The third-order valence-corrected chi connectivity index (χ3v) is 4.40. The van der Waals surface area contributed by atoms with Crippen molar-refractivity contribution >= 4 is 39.9 Å². The molecule has 0 aromatic carbocycles. The van der Waals surface area contributed by atoms with Crippen molar-refractivity contribution < 1.29 is 4.79 Å². The van der Waals surface area contributed by atoms with Gasteiger partial charge in [0.2, 0.25) is 5.91 Å². The van der Waals surface area contributed by atoms with Crippen molar-refractivity contribution in [3.63, 3.8) is 0 Å². The molecule has 1 amide bonds. The summed E-state index contributed by atoms with van der Waals surface area (Å²) >= 11 is 5.92. The second-order valence-electron chi connectivity index (χ2n) is 5.85. The van der Waals surface area contributed by atoms with Gasteiger partial charge in [-0.25, -0.2) is 9.97 Å². The molecule has 0 aliphatic heterocycles. The Morgan fingerprint density at radius 2 is 2.21 bits per heavy atom. The number of fused-ring (bicyclic) bond motifs is 1. The van der Waals surface area contributed by atoms with E-state index in [1.807, 2.05) is 18.3 Å². The van der Waals surface area contributed by atoms with Gasteiger partial charge in [-0.05, 0) is 41.5 Å². The van der Waals surface area contributed by atoms with Gasteiger partial charge < -0.3 is 11.1 Å². The number of halogens is 1. The molecule has 0 radical (unpaired) electrons. The number of anilines is 2. The summed E-state index contributed by atoms with van der Waals surface area (Å²) in [6, 6.07) is 7.32. The van der Waals surface area contributed by atoms with Crippen LogP contribution in [0.5, 0.6) is 0 Å². The monoisotopic (exact) mass is 339 g/mol. The number of nitrogens with one attached hydrogen (secondary N) is 1. The zero-order valence-electron chi connectivity index (χ0n) is 12.6. The Kier molecular flexibility index (Phi) is 3.54. The first-order chi connectivity index (χ1) is 11.6. The Balaban J connectivity index is 1.52. The lowest BCUT2D eigenvalue weighted by atomic mass is 10.1. The smallest absolute Gasteiger partial charge is 0.229 e. The summed E-state index contributed by atoms with van der Waals surface area (Å²) in [6.07, 6.45) is 5.96. The second-order valence-corrected chi connectivity index (χ2v) is 6.23. The summed E-state index contributed by atoms with van der Waals surface area (Å²) in [5.41, 5.74) is 6.91. The summed E-state index contributed by atoms with van der Waals surface area (Å²) in [4.78, 5) is 24.7. The number of pyridine rings is 3. The molecule has 0 spiro atoms. The van der Waals surface area contributed by atoms with Gasteiger partial charge in [0.05, 0.1) is 0 Å². The van der Waals surface area contributed by atoms with E-state index in [1.165, 1.54) is 0 Å². The SMILES string of the molecule is Nc1nc(Cl)cc2cc(NC(=O)[C@@H]3C[C@H]3c3cccnc3)ncc12. The second kappa shape index (κ2) is 5.72. The van der Waals surface area contributed by atoms with Crippen LogP contribution in [0.2, 0.25) is 5.15 Å². The van der Waals surface area contributed by atoms with Crippen molar-refractivity contribution in [1.29, 1.82) is 0 Å². The summed E-state index contributed by atoms with van der Waals surface area (Å²) in [7, 11) is 0. The maximum Gasteiger partial charge on any atom is 0.229 e. The van der Waals surface area contributed by atoms with Gasteiger partial charge in [0.1, 0.15) is 16.8 Å². The minimum absolute atomic E-state index is 0.0381. The lowest BCUT2D eigenvalue weighted by molar-refractivity contribution is -0.117. The minimum Gasteiger partial charge on any atom is -0.383 e. The molecule has 1 aliphatic rings. The number of carbonyl (C=O) groups is 1. The lowest BCUT2D eigenvalue weighted by Crippen LogP contribution is -2.15. The van der Waals surface area contributed by atoms with E-state index in [0.717, 1.165) is 17.4 Å². The van der Waals surface area contributed by atoms with Gasteiger partial charge in [-0.1, -0.05) is 17.7 Å². The van der Waals surface area contributed by atoms with Crippen LogP contribution in [0.25, 0.3) is 10.8 Å². The van der Waals surface area contributed by atoms with Gasteiger partial charge >= 0.3 is 0 Å². The number of aromatic nitrogens is 3. The predicted molar refractivity (Wildman–Crippen MR) is 92.7 cm³/mol. The van der Waals surface area contributed by atoms with Gasteiger partial charge in [0.15, 0.2) is 0 Å². The van der Waals surface area contributed by atoms with Gasteiger partial charge in [-0.2, -0.15) is 0 Å². The van der Waals surface area contributed by atoms with E-state index in [0.29, 0.717) is 22.2 Å². The quantitative estimate of drug-likeness (QED) is 0.715. The Morgan fingerprint density at radius 1 is 1.33 bits per heavy atom. The molecule has 3 heterocycles. The van der Waals surface area contributed by atoms with Crippen LogP contribution in [0, 0.1) is 5.92 Å². The first kappa shape index (κ1) is 14.8. The third-order valence-electron chi connectivity index (χ3n) is 4.20. The maximum atomic E-state index is 12.4. The van der Waals surface area contributed by atoms with Gasteiger partial charge in [0, 0.05) is 29.9 Å². The largest absolute Gasteiger partial charge is 0.383 e. The highest BCUT2D eigenvalue weighted by Crippen LogP contribution is 2.47. The van der Waals surface area contributed by atoms with Crippen molar-refractivity contribution in [2.45, 2.75) is 12.3 Å². The molecule has 0 saturated heterocycles. The molecule has 24 heavy (non-hydrogen) atoms. The van der Waals surface area contributed by atoms with E-state index in [4.69, 9.17) is 17.3 Å². The summed E-state index contributed by atoms with van der Waals surface area (Å²) in [6.45, 7) is 0. The van der Waals surface area contributed by atoms with E-state index in [2.05, 4.69) is 20.3 Å². The molecule has 3 aromatic heterocycles. The van der Waals surface area contributed by atoms with Gasteiger partial charge in [-0.15, -0.1) is 0 Å². The van der Waals surface area contributed by atoms with Gasteiger partial charge in [0.25, 0.3) is 0 Å². The standard InChI is InChI=1S/C17H14ClN5O/c18-14-4-10-5-15(21-8-13(10)16(19)22-14)23-17(24)12-6-11(12)9-2-1-3-20-7-9/h1-5,7-8,11-12H,6H2,(H2,19,22)(H,21,23,24)/t11-,12+/m0/s1. The molecule has 120 valence electrons. The minimum atomic E-state index is -0.0437. The van der Waals surface area contributed by atoms with Crippen molar-refractivity contribution in [2.75, 3.05) is 11.1 Å². The van der Waals surface area contributed by atoms with Crippen LogP contribution in [0.3, 0.4) is 0 Å². The number of hydrogen-bond donors (Lipinski definition) is 2. The molecule has 1 saturated carbocycles. The van der Waals surface area contributed by atoms with Gasteiger partial charge in [-0.3, -0.25) is 9.78 Å². The van der Waals surface area contributed by atoms with Crippen LogP contribution in [0.15, 0.2) is 42.9 Å². The topological polar surface area (TPSA) is 93.8 Å². The summed E-state index contributed by atoms with van der Waals surface area (Å²) in [5.74, 6) is 0.947. The molecule has 6 nitrogen and oxygen atoms in total. The molecule has 1 aliphatic carbocycles. The Labute approximate surface area is 143 Å². The molecule has 3 N–H and O–H groups in total. The number of nitrogens with zero attached hydrogens (tertiary/aromatic N) is 3. The van der Waals surface area contributed by atoms with Crippen LogP contribution in [-0.2, 0) is 4.79 Å². The number of rotatable bonds is 3. The Bertz CT molecular complexity index is 931. The van der Waals surface area contributed by atoms with E-state index >= 15 is 0 Å². The summed E-state index contributed by atoms with van der Waals surface area (Å²) in [5, 5.41) is 4.66. The molecule has 1 fully saturated rings. The fraction of sp³-hybridized carbons (Fsp3) is 0.176. The van der Waals surface area contributed by atoms with Crippen LogP contribution in [0.4, 0.5) is 11.6 Å². The van der Waals surface area contributed by atoms with Crippen molar-refractivity contribution in [2.24, 2.45) is 5.92 Å². The highest BCUT2D eigenvalue weighted by molar-refractivity contribution is 6.30. The molecule has 4 rings (SSSR count). The fourth-order valence-electron chi connectivity index (χ4n) is 2.88. The third kappa shape index (κ3) is 2.76. The molecular weight excluding hydrogens is 326 g/mol. The number of nitrogen functional groups attached to an aromatic ring is 1. The maximum absolute atomic E-state index is 12.4. The number of carbonyl (C=O) groups excluding carboxylic acids is 1. The Hall–Kier alpha value is -2.73. The normalized spacial score (nSPS) is 19.2. The first-order valence-corrected chi connectivity index (χ1v) is 7.92. The van der Waals surface area contributed by atoms with E-state index in [9.17, 15) is 4.79 Å². The lowest BCUT2D eigenvalue weighted by Gasteiger charge is -2.07. The van der Waals surface area contributed by atoms with Crippen LogP contribution >= 0.6 is 11.6 Å².